The van der Waals surface area contributed by atoms with E-state index in [-0.39, 0.29) is 17.1 Å². The molecule has 2 rings (SSSR count). The predicted molar refractivity (Wildman–Crippen MR) is 73.2 cm³/mol. The van der Waals surface area contributed by atoms with Gasteiger partial charge in [-0.15, -0.1) is 0 Å². The van der Waals surface area contributed by atoms with Crippen LogP contribution >= 0.6 is 0 Å². The van der Waals surface area contributed by atoms with E-state index in [9.17, 15) is 24.0 Å². The van der Waals surface area contributed by atoms with Gasteiger partial charge in [-0.25, -0.2) is 8.78 Å². The molecule has 0 fully saturated rings. The Morgan fingerprint density at radius 3 is 2.57 bits per heavy atom. The van der Waals surface area contributed by atoms with Gasteiger partial charge < -0.3 is 10.4 Å². The molecule has 0 heterocycles. The Balaban J connectivity index is 2.28. The summed E-state index contributed by atoms with van der Waals surface area (Å²) in [5, 5.41) is 23.1. The average molecular weight is 294 g/mol. The van der Waals surface area contributed by atoms with Gasteiger partial charge in [0.15, 0.2) is 0 Å². The monoisotopic (exact) mass is 294 g/mol. The first-order chi connectivity index (χ1) is 9.88. The second-order valence-electron chi connectivity index (χ2n) is 4.49. The molecule has 0 spiro atoms. The maximum absolute atomic E-state index is 13.7. The van der Waals surface area contributed by atoms with Gasteiger partial charge in [0.2, 0.25) is 0 Å². The minimum atomic E-state index is -0.658. The largest absolute Gasteiger partial charge is 0.507 e. The number of aromatic hydroxyl groups is 1. The van der Waals surface area contributed by atoms with Crippen LogP contribution in [0.4, 0.5) is 20.2 Å². The van der Waals surface area contributed by atoms with Crippen LogP contribution in [0.1, 0.15) is 18.5 Å². The third kappa shape index (κ3) is 3.25. The number of benzene rings is 2. The van der Waals surface area contributed by atoms with Crippen LogP contribution in [0.3, 0.4) is 0 Å². The van der Waals surface area contributed by atoms with E-state index in [0.717, 1.165) is 30.3 Å². The van der Waals surface area contributed by atoms with Crippen molar-refractivity contribution in [3.63, 3.8) is 0 Å². The van der Waals surface area contributed by atoms with Gasteiger partial charge in [0.1, 0.15) is 17.4 Å². The quantitative estimate of drug-likeness (QED) is 0.665. The Labute approximate surface area is 119 Å². The van der Waals surface area contributed by atoms with E-state index in [1.165, 1.54) is 6.07 Å². The van der Waals surface area contributed by atoms with Crippen molar-refractivity contribution in [2.45, 2.75) is 13.0 Å². The molecule has 2 aromatic carbocycles. The van der Waals surface area contributed by atoms with E-state index in [4.69, 9.17) is 0 Å². The van der Waals surface area contributed by atoms with Gasteiger partial charge >= 0.3 is 0 Å². The summed E-state index contributed by atoms with van der Waals surface area (Å²) >= 11 is 0. The highest BCUT2D eigenvalue weighted by atomic mass is 19.1. The Morgan fingerprint density at radius 2 is 1.95 bits per heavy atom. The van der Waals surface area contributed by atoms with Crippen LogP contribution in [0, 0.1) is 21.7 Å². The molecule has 0 aromatic heterocycles. The lowest BCUT2D eigenvalue weighted by molar-refractivity contribution is -0.384. The SMILES string of the molecule is CC(Nc1cc([N+](=O)[O-])ccc1F)c1ccc(F)cc1O. The third-order valence-electron chi connectivity index (χ3n) is 2.99. The van der Waals surface area contributed by atoms with Crippen molar-refractivity contribution < 1.29 is 18.8 Å². The number of nitro benzene ring substituents is 1. The predicted octanol–water partition coefficient (Wildman–Crippen LogP) is 3.75. The first kappa shape index (κ1) is 14.7. The number of phenolic OH excluding ortho intramolecular Hbond substituents is 1. The van der Waals surface area contributed by atoms with Gasteiger partial charge in [-0.05, 0) is 19.1 Å². The van der Waals surface area contributed by atoms with Crippen molar-refractivity contribution in [1.82, 2.24) is 0 Å². The van der Waals surface area contributed by atoms with Crippen LogP contribution in [-0.4, -0.2) is 10.0 Å². The Hall–Kier alpha value is -2.70. The Morgan fingerprint density at radius 1 is 1.24 bits per heavy atom. The third-order valence-corrected chi connectivity index (χ3v) is 2.99. The summed E-state index contributed by atoms with van der Waals surface area (Å²) in [6, 6.07) is 6.00. The lowest BCUT2D eigenvalue weighted by Crippen LogP contribution is -2.08. The second kappa shape index (κ2) is 5.74. The fourth-order valence-electron chi connectivity index (χ4n) is 1.93. The molecule has 2 aromatic rings. The molecule has 0 aliphatic heterocycles. The molecule has 0 radical (unpaired) electrons. The van der Waals surface area contributed by atoms with E-state index < -0.39 is 22.6 Å². The molecule has 1 unspecified atom stereocenters. The summed E-state index contributed by atoms with van der Waals surface area (Å²) in [7, 11) is 0. The summed E-state index contributed by atoms with van der Waals surface area (Å²) in [4.78, 5) is 10.1. The normalized spacial score (nSPS) is 12.0. The minimum absolute atomic E-state index is 0.0691. The molecule has 0 aliphatic carbocycles. The van der Waals surface area contributed by atoms with Crippen molar-refractivity contribution in [2.24, 2.45) is 0 Å². The maximum atomic E-state index is 13.7. The van der Waals surface area contributed by atoms with Crippen molar-refractivity contribution in [2.75, 3.05) is 5.32 Å². The van der Waals surface area contributed by atoms with E-state index in [1.54, 1.807) is 6.92 Å². The zero-order valence-corrected chi connectivity index (χ0v) is 11.0. The van der Waals surface area contributed by atoms with Crippen LogP contribution in [0.2, 0.25) is 0 Å². The van der Waals surface area contributed by atoms with Crippen LogP contribution in [0.25, 0.3) is 0 Å². The average Bonchev–Trinajstić information content (AvgIpc) is 2.40. The molecule has 0 amide bonds. The number of phenols is 1. The number of hydrogen-bond donors (Lipinski definition) is 2. The van der Waals surface area contributed by atoms with Crippen molar-refractivity contribution in [3.05, 3.63) is 63.7 Å². The van der Waals surface area contributed by atoms with E-state index in [0.29, 0.717) is 5.56 Å². The van der Waals surface area contributed by atoms with Crippen molar-refractivity contribution >= 4 is 11.4 Å². The zero-order chi connectivity index (χ0) is 15.6. The van der Waals surface area contributed by atoms with Gasteiger partial charge in [0, 0.05) is 23.8 Å². The molecule has 110 valence electrons. The van der Waals surface area contributed by atoms with Crippen LogP contribution in [0.5, 0.6) is 5.75 Å². The molecule has 0 saturated heterocycles. The zero-order valence-electron chi connectivity index (χ0n) is 11.0. The highest BCUT2D eigenvalue weighted by Crippen LogP contribution is 2.30. The van der Waals surface area contributed by atoms with Crippen molar-refractivity contribution in [3.8, 4) is 5.75 Å². The van der Waals surface area contributed by atoms with Gasteiger partial charge in [-0.1, -0.05) is 6.07 Å². The summed E-state index contributed by atoms with van der Waals surface area (Å²) in [6.45, 7) is 1.62. The Kier molecular flexibility index (Phi) is 4.02. The highest BCUT2D eigenvalue weighted by molar-refractivity contribution is 5.54. The molecular weight excluding hydrogens is 282 g/mol. The summed E-state index contributed by atoms with van der Waals surface area (Å²) in [5.41, 5.74) is 0.0251. The standard InChI is InChI=1S/C14H12F2N2O3/c1-8(11-4-2-9(15)6-14(11)19)17-13-7-10(18(20)21)3-5-12(13)16/h2-8,17,19H,1H3. The molecule has 1 atom stereocenters. The summed E-state index contributed by atoms with van der Waals surface area (Å²) < 4.78 is 26.6. The lowest BCUT2D eigenvalue weighted by atomic mass is 10.1. The number of halogens is 2. The fraction of sp³-hybridized carbons (Fsp3) is 0.143. The van der Waals surface area contributed by atoms with Crippen LogP contribution in [0.15, 0.2) is 36.4 Å². The first-order valence-corrected chi connectivity index (χ1v) is 6.07. The molecule has 0 aliphatic rings. The number of nitro groups is 1. The smallest absolute Gasteiger partial charge is 0.271 e. The molecule has 0 bridgehead atoms. The molecular formula is C14H12F2N2O3. The number of nitrogens with zero attached hydrogens (tertiary/aromatic N) is 1. The van der Waals surface area contributed by atoms with Gasteiger partial charge in [-0.3, -0.25) is 10.1 Å². The van der Waals surface area contributed by atoms with Crippen molar-refractivity contribution in [1.29, 1.82) is 0 Å². The molecule has 0 saturated carbocycles. The van der Waals surface area contributed by atoms with Crippen LogP contribution < -0.4 is 5.32 Å². The van der Waals surface area contributed by atoms with Crippen LogP contribution in [-0.2, 0) is 0 Å². The van der Waals surface area contributed by atoms with Gasteiger partial charge in [-0.2, -0.15) is 0 Å². The Bertz CT molecular complexity index is 692. The summed E-state index contributed by atoms with van der Waals surface area (Å²) in [6.07, 6.45) is 0. The highest BCUT2D eigenvalue weighted by Gasteiger charge is 2.15. The fourth-order valence-corrected chi connectivity index (χ4v) is 1.93. The topological polar surface area (TPSA) is 75.4 Å². The number of nitrogens with one attached hydrogen (secondary N) is 1. The maximum Gasteiger partial charge on any atom is 0.271 e. The second-order valence-corrected chi connectivity index (χ2v) is 4.49. The van der Waals surface area contributed by atoms with E-state index in [2.05, 4.69) is 5.32 Å². The van der Waals surface area contributed by atoms with E-state index in [1.807, 2.05) is 0 Å². The van der Waals surface area contributed by atoms with E-state index >= 15 is 0 Å². The van der Waals surface area contributed by atoms with Gasteiger partial charge in [0.05, 0.1) is 16.7 Å². The number of anilines is 1. The number of rotatable bonds is 4. The summed E-state index contributed by atoms with van der Waals surface area (Å²) in [5.74, 6) is -1.53. The number of non-ortho nitro benzene ring substituents is 1. The lowest BCUT2D eigenvalue weighted by Gasteiger charge is -2.17. The molecule has 5 nitrogen and oxygen atoms in total. The number of hydrogen-bond acceptors (Lipinski definition) is 4. The first-order valence-electron chi connectivity index (χ1n) is 6.07. The van der Waals surface area contributed by atoms with Gasteiger partial charge in [0.25, 0.3) is 5.69 Å². The minimum Gasteiger partial charge on any atom is -0.507 e. The molecule has 7 heteroatoms. The molecule has 2 N–H and O–H groups in total. The molecule has 21 heavy (non-hydrogen) atoms.